The zero-order valence-electron chi connectivity index (χ0n) is 13.9. The average Bonchev–Trinajstić information content (AvgIpc) is 2.91. The Morgan fingerprint density at radius 2 is 0.714 bits per heavy atom. The predicted molar refractivity (Wildman–Crippen MR) is 81.5 cm³/mol. The van der Waals surface area contributed by atoms with E-state index in [9.17, 15) is 0 Å². The van der Waals surface area contributed by atoms with E-state index in [1.807, 2.05) is 0 Å². The van der Waals surface area contributed by atoms with Gasteiger partial charge >= 0.3 is 21.7 Å². The van der Waals surface area contributed by atoms with Gasteiger partial charge in [-0.1, -0.05) is 52.4 Å². The summed E-state index contributed by atoms with van der Waals surface area (Å²) < 4.78 is 0. The van der Waals surface area contributed by atoms with Crippen LogP contribution in [0.4, 0.5) is 0 Å². The summed E-state index contributed by atoms with van der Waals surface area (Å²) in [7, 11) is 0. The van der Waals surface area contributed by atoms with Crippen LogP contribution >= 0.6 is 0 Å². The molecule has 0 bridgehead atoms. The summed E-state index contributed by atoms with van der Waals surface area (Å²) in [6.45, 7) is 13.3. The molecule has 2 aromatic carbocycles. The second-order valence-corrected chi connectivity index (χ2v) is 6.85. The maximum Gasteiger partial charge on any atom is 4.00 e. The minimum absolute atomic E-state index is 0. The third kappa shape index (κ3) is 9.58. The molecule has 116 valence electrons. The first-order valence-corrected chi connectivity index (χ1v) is 6.65. The van der Waals surface area contributed by atoms with Crippen LogP contribution in [-0.2, 0) is 32.5 Å². The fourth-order valence-electron chi connectivity index (χ4n) is 1.75. The zero-order valence-corrected chi connectivity index (χ0v) is 16.9. The SMILES string of the molecule is CC(C)(C)[c-]1cccc1.CC(C)(C)[c-]1cccc1.[Cl-].[Cl-].[Ti+4]. The maximum atomic E-state index is 2.22. The summed E-state index contributed by atoms with van der Waals surface area (Å²) >= 11 is 0. The monoisotopic (exact) mass is 360 g/mol. The van der Waals surface area contributed by atoms with E-state index in [-0.39, 0.29) is 46.5 Å². The van der Waals surface area contributed by atoms with Gasteiger partial charge < -0.3 is 24.8 Å². The van der Waals surface area contributed by atoms with Crippen LogP contribution in [0.2, 0.25) is 0 Å². The first-order chi connectivity index (χ1) is 8.21. The van der Waals surface area contributed by atoms with E-state index >= 15 is 0 Å². The predicted octanol–water partition coefficient (Wildman–Crippen LogP) is -0.588. The first-order valence-electron chi connectivity index (χ1n) is 6.65. The van der Waals surface area contributed by atoms with Gasteiger partial charge in [0, 0.05) is 0 Å². The van der Waals surface area contributed by atoms with Crippen molar-refractivity contribution in [2.24, 2.45) is 0 Å². The van der Waals surface area contributed by atoms with Crippen LogP contribution in [0.5, 0.6) is 0 Å². The summed E-state index contributed by atoms with van der Waals surface area (Å²) in [5, 5.41) is 0. The molecule has 21 heavy (non-hydrogen) atoms. The molecular formula is C18H26Cl2Ti. The van der Waals surface area contributed by atoms with Gasteiger partial charge in [0.05, 0.1) is 0 Å². The molecule has 0 amide bonds. The Bertz CT molecular complexity index is 384. The molecule has 0 aliphatic carbocycles. The van der Waals surface area contributed by atoms with Crippen molar-refractivity contribution in [3.63, 3.8) is 0 Å². The van der Waals surface area contributed by atoms with Gasteiger partial charge in [0.15, 0.2) is 0 Å². The molecule has 0 atom stereocenters. The van der Waals surface area contributed by atoms with E-state index in [0.29, 0.717) is 10.8 Å². The molecule has 0 radical (unpaired) electrons. The number of hydrogen-bond donors (Lipinski definition) is 0. The largest absolute Gasteiger partial charge is 4.00 e. The Morgan fingerprint density at radius 3 is 0.810 bits per heavy atom. The third-order valence-corrected chi connectivity index (χ3v) is 3.06. The number of hydrogen-bond acceptors (Lipinski definition) is 0. The standard InChI is InChI=1S/2C9H13.2ClH.Ti/c2*1-9(2,3)8-6-4-5-7-8;;;/h2*4-7H,1-3H3;2*1H;/q2*-1;;;+4/p-2. The van der Waals surface area contributed by atoms with E-state index in [2.05, 4.69) is 90.1 Å². The summed E-state index contributed by atoms with van der Waals surface area (Å²) in [6, 6.07) is 17.0. The average molecular weight is 361 g/mol. The molecule has 0 nitrogen and oxygen atoms in total. The van der Waals surface area contributed by atoms with E-state index in [1.54, 1.807) is 0 Å². The Balaban J connectivity index is -0.000000270. The molecule has 0 N–H and O–H groups in total. The Labute approximate surface area is 158 Å². The molecule has 0 saturated carbocycles. The fourth-order valence-corrected chi connectivity index (χ4v) is 1.75. The van der Waals surface area contributed by atoms with Gasteiger partial charge in [-0.05, 0) is 0 Å². The van der Waals surface area contributed by atoms with Gasteiger partial charge in [-0.25, -0.2) is 24.3 Å². The van der Waals surface area contributed by atoms with Crippen molar-refractivity contribution in [3.05, 3.63) is 59.7 Å². The van der Waals surface area contributed by atoms with E-state index in [1.165, 1.54) is 11.1 Å². The first kappa shape index (κ1) is 25.9. The van der Waals surface area contributed by atoms with Crippen LogP contribution in [0.3, 0.4) is 0 Å². The van der Waals surface area contributed by atoms with Gasteiger partial charge in [-0.2, -0.15) is 35.4 Å². The van der Waals surface area contributed by atoms with Crippen LogP contribution in [0.15, 0.2) is 48.5 Å². The van der Waals surface area contributed by atoms with E-state index in [4.69, 9.17) is 0 Å². The number of halogens is 2. The van der Waals surface area contributed by atoms with Crippen molar-refractivity contribution in [1.29, 1.82) is 0 Å². The molecular weight excluding hydrogens is 335 g/mol. The smallest absolute Gasteiger partial charge is 1.00 e. The van der Waals surface area contributed by atoms with Crippen LogP contribution in [0, 0.1) is 0 Å². The molecule has 0 aliphatic rings. The topological polar surface area (TPSA) is 0 Å². The molecule has 0 spiro atoms. The van der Waals surface area contributed by atoms with Crippen LogP contribution in [0.1, 0.15) is 52.7 Å². The van der Waals surface area contributed by atoms with Gasteiger partial charge in [0.2, 0.25) is 0 Å². The van der Waals surface area contributed by atoms with E-state index in [0.717, 1.165) is 0 Å². The summed E-state index contributed by atoms with van der Waals surface area (Å²) in [4.78, 5) is 0. The molecule has 2 aromatic rings. The summed E-state index contributed by atoms with van der Waals surface area (Å²) in [6.07, 6.45) is 0. The van der Waals surface area contributed by atoms with Gasteiger partial charge in [0.25, 0.3) is 0 Å². The van der Waals surface area contributed by atoms with Crippen molar-refractivity contribution in [3.8, 4) is 0 Å². The Morgan fingerprint density at radius 1 is 0.524 bits per heavy atom. The summed E-state index contributed by atoms with van der Waals surface area (Å²) in [5.41, 5.74) is 3.48. The molecule has 0 aromatic heterocycles. The zero-order chi connectivity index (χ0) is 13.8. The van der Waals surface area contributed by atoms with Crippen LogP contribution in [-0.4, -0.2) is 0 Å². The van der Waals surface area contributed by atoms with Gasteiger partial charge in [-0.15, -0.1) is 0 Å². The third-order valence-electron chi connectivity index (χ3n) is 3.06. The van der Waals surface area contributed by atoms with E-state index < -0.39 is 0 Å². The van der Waals surface area contributed by atoms with Crippen molar-refractivity contribution in [1.82, 2.24) is 0 Å². The van der Waals surface area contributed by atoms with Crippen molar-refractivity contribution in [2.45, 2.75) is 52.4 Å². The second-order valence-electron chi connectivity index (χ2n) is 6.85. The normalized spacial score (nSPS) is 10.2. The molecule has 0 saturated heterocycles. The number of rotatable bonds is 0. The van der Waals surface area contributed by atoms with Gasteiger partial charge in [0.1, 0.15) is 0 Å². The summed E-state index contributed by atoms with van der Waals surface area (Å²) in [5.74, 6) is 0. The minimum atomic E-state index is 0. The molecule has 0 aliphatic heterocycles. The molecule has 3 heteroatoms. The molecule has 0 fully saturated rings. The second kappa shape index (κ2) is 10.7. The minimum Gasteiger partial charge on any atom is -1.00 e. The van der Waals surface area contributed by atoms with Crippen molar-refractivity contribution < 1.29 is 46.5 Å². The Hall–Kier alpha value is -0.00571. The molecule has 0 unspecified atom stereocenters. The van der Waals surface area contributed by atoms with Crippen molar-refractivity contribution >= 4 is 0 Å². The quantitative estimate of drug-likeness (QED) is 0.435. The Kier molecular flexibility index (Phi) is 13.2. The maximum absolute atomic E-state index is 2.22. The van der Waals surface area contributed by atoms with Crippen molar-refractivity contribution in [2.75, 3.05) is 0 Å². The van der Waals surface area contributed by atoms with Gasteiger partial charge in [-0.3, -0.25) is 0 Å². The molecule has 0 heterocycles. The fraction of sp³-hybridized carbons (Fsp3) is 0.444. The van der Waals surface area contributed by atoms with Crippen LogP contribution < -0.4 is 24.8 Å². The van der Waals surface area contributed by atoms with Crippen LogP contribution in [0.25, 0.3) is 0 Å². The molecule has 2 rings (SSSR count).